The molecule has 0 saturated carbocycles. The minimum atomic E-state index is -0.585. The molecule has 1 unspecified atom stereocenters. The van der Waals surface area contributed by atoms with E-state index in [2.05, 4.69) is 22.4 Å². The maximum Gasteiger partial charge on any atom is 0.237 e. The number of carbonyl (C=O) groups is 1. The van der Waals surface area contributed by atoms with Gasteiger partial charge in [-0.05, 0) is 54.8 Å². The molecular formula is C26H19N5O2S2. The Morgan fingerprint density at radius 1 is 1.03 bits per heavy atom. The topological polar surface area (TPSA) is 125 Å². The van der Waals surface area contributed by atoms with Crippen LogP contribution in [0.4, 0.5) is 11.5 Å². The molecule has 1 atom stereocenters. The van der Waals surface area contributed by atoms with Gasteiger partial charge in [0.05, 0.1) is 10.8 Å². The van der Waals surface area contributed by atoms with Crippen molar-refractivity contribution in [1.82, 2.24) is 4.98 Å². The van der Waals surface area contributed by atoms with E-state index in [1.165, 1.54) is 11.3 Å². The molecule has 0 bridgehead atoms. The second-order valence-corrected chi connectivity index (χ2v) is 9.59. The molecule has 4 rings (SSSR count). The number of nitrogens with zero attached hydrogens (tertiary/aromatic N) is 3. The molecular weight excluding hydrogens is 478 g/mol. The van der Waals surface area contributed by atoms with Crippen LogP contribution < -0.4 is 15.8 Å². The van der Waals surface area contributed by atoms with E-state index in [9.17, 15) is 15.3 Å². The molecule has 7 nitrogen and oxygen atoms in total. The Balaban J connectivity index is 1.50. The number of ether oxygens (including phenoxy) is 1. The van der Waals surface area contributed by atoms with Crippen LogP contribution in [0.1, 0.15) is 18.1 Å². The van der Waals surface area contributed by atoms with Gasteiger partial charge in [0.2, 0.25) is 5.91 Å². The summed E-state index contributed by atoms with van der Waals surface area (Å²) in [7, 11) is 0. The van der Waals surface area contributed by atoms with E-state index in [-0.39, 0.29) is 22.9 Å². The highest BCUT2D eigenvalue weighted by Gasteiger charge is 2.24. The number of para-hydroxylation sites is 1. The lowest BCUT2D eigenvalue weighted by atomic mass is 10.0. The average Bonchev–Trinajstić information content (AvgIpc) is 3.40. The number of nitriles is 2. The lowest BCUT2D eigenvalue weighted by molar-refractivity contribution is -0.115. The summed E-state index contributed by atoms with van der Waals surface area (Å²) in [5.74, 6) is 1.13. The molecule has 0 fully saturated rings. The first kappa shape index (κ1) is 23.8. The number of pyridine rings is 1. The third-order valence-electron chi connectivity index (χ3n) is 4.94. The van der Waals surface area contributed by atoms with Crippen molar-refractivity contribution in [3.05, 3.63) is 83.2 Å². The maximum atomic E-state index is 12.9. The quantitative estimate of drug-likeness (QED) is 0.298. The first-order valence-corrected chi connectivity index (χ1v) is 12.2. The second kappa shape index (κ2) is 10.7. The van der Waals surface area contributed by atoms with Crippen LogP contribution >= 0.6 is 23.1 Å². The fraction of sp³-hybridized carbons (Fsp3) is 0.0769. The van der Waals surface area contributed by atoms with E-state index in [1.54, 1.807) is 31.2 Å². The number of nitrogens with two attached hydrogens (primary N) is 1. The minimum absolute atomic E-state index is 0.0269. The molecule has 0 aliphatic heterocycles. The Kier molecular flexibility index (Phi) is 7.32. The van der Waals surface area contributed by atoms with Crippen molar-refractivity contribution in [2.75, 3.05) is 11.1 Å². The van der Waals surface area contributed by atoms with Crippen LogP contribution in [0, 0.1) is 22.7 Å². The molecule has 2 heterocycles. The van der Waals surface area contributed by atoms with Gasteiger partial charge >= 0.3 is 0 Å². The molecule has 0 radical (unpaired) electrons. The van der Waals surface area contributed by atoms with Crippen molar-refractivity contribution < 1.29 is 9.53 Å². The van der Waals surface area contributed by atoms with Crippen molar-refractivity contribution in [1.29, 1.82) is 10.5 Å². The SMILES string of the molecule is CC(Sc1nc(N)c(C#N)c(-c2cccs2)c1C#N)C(=O)Nc1ccc(Oc2ccccc2)cc1. The molecule has 35 heavy (non-hydrogen) atoms. The third-order valence-corrected chi connectivity index (χ3v) is 6.92. The Bertz CT molecular complexity index is 1420. The maximum absolute atomic E-state index is 12.9. The molecule has 172 valence electrons. The van der Waals surface area contributed by atoms with E-state index in [0.29, 0.717) is 22.0 Å². The Morgan fingerprint density at radius 2 is 1.71 bits per heavy atom. The monoisotopic (exact) mass is 497 g/mol. The Hall–Kier alpha value is -4.31. The van der Waals surface area contributed by atoms with Crippen LogP contribution in [0.5, 0.6) is 11.5 Å². The van der Waals surface area contributed by atoms with Gasteiger partial charge in [-0.15, -0.1) is 11.3 Å². The number of rotatable bonds is 7. The molecule has 1 amide bonds. The molecule has 0 aliphatic carbocycles. The number of aromatic nitrogens is 1. The van der Waals surface area contributed by atoms with Crippen molar-refractivity contribution in [3.63, 3.8) is 0 Å². The van der Waals surface area contributed by atoms with E-state index < -0.39 is 5.25 Å². The predicted molar refractivity (Wildman–Crippen MR) is 138 cm³/mol. The summed E-state index contributed by atoms with van der Waals surface area (Å²) < 4.78 is 5.77. The molecule has 0 aliphatic rings. The van der Waals surface area contributed by atoms with E-state index >= 15 is 0 Å². The first-order valence-electron chi connectivity index (χ1n) is 10.5. The highest BCUT2D eigenvalue weighted by molar-refractivity contribution is 8.00. The number of nitrogens with one attached hydrogen (secondary N) is 1. The molecule has 0 spiro atoms. The van der Waals surface area contributed by atoms with Gasteiger partial charge in [-0.1, -0.05) is 36.0 Å². The number of benzene rings is 2. The van der Waals surface area contributed by atoms with Gasteiger partial charge in [-0.25, -0.2) is 4.98 Å². The van der Waals surface area contributed by atoms with Crippen LogP contribution in [0.3, 0.4) is 0 Å². The zero-order chi connectivity index (χ0) is 24.8. The Labute approximate surface area is 210 Å². The van der Waals surface area contributed by atoms with Crippen LogP contribution in [0.2, 0.25) is 0 Å². The predicted octanol–water partition coefficient (Wildman–Crippen LogP) is 6.05. The largest absolute Gasteiger partial charge is 0.457 e. The second-order valence-electron chi connectivity index (χ2n) is 7.32. The number of hydrogen-bond donors (Lipinski definition) is 2. The number of hydrogen-bond acceptors (Lipinski definition) is 8. The van der Waals surface area contributed by atoms with Gasteiger partial charge in [0, 0.05) is 16.1 Å². The lowest BCUT2D eigenvalue weighted by Crippen LogP contribution is -2.22. The average molecular weight is 498 g/mol. The third kappa shape index (κ3) is 5.44. The zero-order valence-corrected chi connectivity index (χ0v) is 20.2. The number of thiophene rings is 1. The van der Waals surface area contributed by atoms with Gasteiger partial charge in [-0.3, -0.25) is 4.79 Å². The Morgan fingerprint density at radius 3 is 2.34 bits per heavy atom. The molecule has 2 aromatic heterocycles. The first-order chi connectivity index (χ1) is 17.0. The summed E-state index contributed by atoms with van der Waals surface area (Å²) in [6.07, 6.45) is 0. The highest BCUT2D eigenvalue weighted by atomic mass is 32.2. The van der Waals surface area contributed by atoms with Crippen LogP contribution in [0.15, 0.2) is 77.1 Å². The summed E-state index contributed by atoms with van der Waals surface area (Å²) in [5.41, 5.74) is 7.48. The number of carbonyl (C=O) groups excluding carboxylic acids is 1. The van der Waals surface area contributed by atoms with Crippen molar-refractivity contribution in [3.8, 4) is 34.1 Å². The van der Waals surface area contributed by atoms with E-state index in [0.717, 1.165) is 22.4 Å². The zero-order valence-electron chi connectivity index (χ0n) is 18.6. The number of anilines is 2. The summed E-state index contributed by atoms with van der Waals surface area (Å²) in [4.78, 5) is 17.9. The molecule has 2 aromatic carbocycles. The fourth-order valence-electron chi connectivity index (χ4n) is 3.25. The minimum Gasteiger partial charge on any atom is -0.457 e. The van der Waals surface area contributed by atoms with Crippen LogP contribution in [0.25, 0.3) is 10.4 Å². The number of nitrogen functional groups attached to an aromatic ring is 1. The number of amides is 1. The molecule has 3 N–H and O–H groups in total. The van der Waals surface area contributed by atoms with E-state index in [4.69, 9.17) is 10.5 Å². The molecule has 9 heteroatoms. The van der Waals surface area contributed by atoms with Gasteiger partial charge in [0.1, 0.15) is 40.0 Å². The fourth-order valence-corrected chi connectivity index (χ4v) is 4.95. The summed E-state index contributed by atoms with van der Waals surface area (Å²) in [6, 6.07) is 24.3. The highest BCUT2D eigenvalue weighted by Crippen LogP contribution is 2.38. The standard InChI is InChI=1S/C26H19N5O2S2/c1-16(25(32)30-17-9-11-19(12-10-17)33-18-6-3-2-4-7-18)35-26-21(15-28)23(22-8-5-13-34-22)20(14-27)24(29)31-26/h2-13,16H,1H3,(H2,29,31)(H,30,32). The molecule has 4 aromatic rings. The van der Waals surface area contributed by atoms with Crippen LogP contribution in [-0.2, 0) is 4.79 Å². The van der Waals surface area contributed by atoms with Gasteiger partial charge in [0.25, 0.3) is 0 Å². The van der Waals surface area contributed by atoms with Crippen LogP contribution in [-0.4, -0.2) is 16.1 Å². The summed E-state index contributed by atoms with van der Waals surface area (Å²) in [5, 5.41) is 23.9. The smallest absolute Gasteiger partial charge is 0.237 e. The lowest BCUT2D eigenvalue weighted by Gasteiger charge is -2.15. The summed E-state index contributed by atoms with van der Waals surface area (Å²) >= 11 is 2.51. The normalized spacial score (nSPS) is 11.2. The number of thioether (sulfide) groups is 1. The van der Waals surface area contributed by atoms with Crippen molar-refractivity contribution >= 4 is 40.5 Å². The van der Waals surface area contributed by atoms with Gasteiger partial charge < -0.3 is 15.8 Å². The summed E-state index contributed by atoms with van der Waals surface area (Å²) in [6.45, 7) is 1.72. The van der Waals surface area contributed by atoms with Gasteiger partial charge in [0.15, 0.2) is 0 Å². The van der Waals surface area contributed by atoms with Gasteiger partial charge in [-0.2, -0.15) is 10.5 Å². The molecule has 0 saturated heterocycles. The van der Waals surface area contributed by atoms with Crippen molar-refractivity contribution in [2.45, 2.75) is 17.2 Å². The van der Waals surface area contributed by atoms with E-state index in [1.807, 2.05) is 47.8 Å². The van der Waals surface area contributed by atoms with Crippen molar-refractivity contribution in [2.24, 2.45) is 0 Å².